The van der Waals surface area contributed by atoms with E-state index in [1.54, 1.807) is 31.3 Å². The summed E-state index contributed by atoms with van der Waals surface area (Å²) in [5, 5.41) is 10.2. The van der Waals surface area contributed by atoms with Crippen LogP contribution in [0.4, 0.5) is 13.9 Å². The molecule has 1 N–H and O–H groups in total. The van der Waals surface area contributed by atoms with Crippen LogP contribution in [0.15, 0.2) is 59.2 Å². The molecule has 2 aliphatic rings. The molecular weight excluding hydrogens is 454 g/mol. The van der Waals surface area contributed by atoms with Crippen molar-refractivity contribution in [2.45, 2.75) is 32.2 Å². The number of aryl methyl sites for hydroxylation is 1. The molecule has 1 aromatic heterocycles. The number of allylic oxidation sites excluding steroid dienone is 1. The fraction of sp³-hybridized carbons (Fsp3) is 0.269. The van der Waals surface area contributed by atoms with Gasteiger partial charge in [-0.2, -0.15) is 5.10 Å². The van der Waals surface area contributed by atoms with E-state index in [1.165, 1.54) is 35.6 Å². The molecule has 1 saturated carbocycles. The van der Waals surface area contributed by atoms with Crippen LogP contribution in [0.25, 0.3) is 6.08 Å². The lowest BCUT2D eigenvalue weighted by Gasteiger charge is -2.29. The van der Waals surface area contributed by atoms with E-state index in [0.29, 0.717) is 15.7 Å². The van der Waals surface area contributed by atoms with Crippen molar-refractivity contribution in [1.29, 1.82) is 0 Å². The number of halogens is 2. The summed E-state index contributed by atoms with van der Waals surface area (Å²) >= 11 is 1.30. The van der Waals surface area contributed by atoms with Gasteiger partial charge in [0.2, 0.25) is 5.13 Å². The van der Waals surface area contributed by atoms with Gasteiger partial charge in [-0.15, -0.1) is 0 Å². The second-order valence-electron chi connectivity index (χ2n) is 8.54. The summed E-state index contributed by atoms with van der Waals surface area (Å²) in [6.45, 7) is 1.81. The van der Waals surface area contributed by atoms with E-state index in [-0.39, 0.29) is 29.5 Å². The lowest BCUT2D eigenvalue weighted by atomic mass is 9.77. The highest BCUT2D eigenvalue weighted by atomic mass is 32.1. The van der Waals surface area contributed by atoms with Gasteiger partial charge >= 0.3 is 0 Å². The van der Waals surface area contributed by atoms with E-state index < -0.39 is 0 Å². The minimum Gasteiger partial charge on any atom is -0.354 e. The monoisotopic (exact) mass is 478 g/mol. The topological polar surface area (TPSA) is 57.6 Å². The maximum atomic E-state index is 13.7. The van der Waals surface area contributed by atoms with Gasteiger partial charge in [-0.1, -0.05) is 35.6 Å². The molecule has 2 atom stereocenters. The standard InChI is InChI=1S/C26H24F2N4OS/c1-15-24(25(33)29-2)34-26(30-15)32-23(17-8-12-20(28)13-9-17)21-5-3-4-18(22(21)31-32)14-16-6-10-19(27)11-7-16/h6-14,21,23H,3-5H2,1-2H3,(H,29,33)/b18-14-/t21-,23+/m1/s1. The van der Waals surface area contributed by atoms with Crippen LogP contribution < -0.4 is 10.3 Å². The van der Waals surface area contributed by atoms with Crippen molar-refractivity contribution < 1.29 is 13.6 Å². The van der Waals surface area contributed by atoms with Crippen LogP contribution in [0.2, 0.25) is 0 Å². The van der Waals surface area contributed by atoms with Crippen molar-refractivity contribution in [2.24, 2.45) is 11.0 Å². The van der Waals surface area contributed by atoms with E-state index in [9.17, 15) is 13.6 Å². The molecule has 0 unspecified atom stereocenters. The highest BCUT2D eigenvalue weighted by Crippen LogP contribution is 2.47. The summed E-state index contributed by atoms with van der Waals surface area (Å²) in [5.41, 5.74) is 4.59. The fourth-order valence-electron chi connectivity index (χ4n) is 4.72. The lowest BCUT2D eigenvalue weighted by Crippen LogP contribution is -2.28. The zero-order valence-electron chi connectivity index (χ0n) is 18.9. The molecule has 1 fully saturated rings. The predicted molar refractivity (Wildman–Crippen MR) is 131 cm³/mol. The number of fused-ring (bicyclic) bond motifs is 1. The number of anilines is 1. The second kappa shape index (κ2) is 9.10. The third kappa shape index (κ3) is 4.14. The average molecular weight is 479 g/mol. The molecule has 0 spiro atoms. The molecule has 5 rings (SSSR count). The Bertz CT molecular complexity index is 1280. The van der Waals surface area contributed by atoms with Gasteiger partial charge in [-0.3, -0.25) is 4.79 Å². The number of thiazole rings is 1. The molecule has 1 aliphatic carbocycles. The number of hydrogen-bond donors (Lipinski definition) is 1. The molecule has 5 nitrogen and oxygen atoms in total. The van der Waals surface area contributed by atoms with Gasteiger partial charge in [-0.05, 0) is 73.2 Å². The normalized spacial score (nSPS) is 20.9. The van der Waals surface area contributed by atoms with Crippen molar-refractivity contribution in [3.05, 3.63) is 87.4 Å². The van der Waals surface area contributed by atoms with Crippen molar-refractivity contribution >= 4 is 34.2 Å². The van der Waals surface area contributed by atoms with Crippen molar-refractivity contribution in [3.8, 4) is 0 Å². The molecule has 0 saturated heterocycles. The first-order chi connectivity index (χ1) is 16.4. The molecule has 3 aromatic rings. The van der Waals surface area contributed by atoms with Gasteiger partial charge in [-0.25, -0.2) is 18.8 Å². The van der Waals surface area contributed by atoms with E-state index in [1.807, 2.05) is 11.9 Å². The Labute approximate surface area is 200 Å². The first-order valence-corrected chi connectivity index (χ1v) is 12.1. The van der Waals surface area contributed by atoms with Crippen LogP contribution in [-0.2, 0) is 0 Å². The largest absolute Gasteiger partial charge is 0.354 e. The number of nitrogens with one attached hydrogen (secondary N) is 1. The molecule has 2 aromatic carbocycles. The molecule has 174 valence electrons. The lowest BCUT2D eigenvalue weighted by molar-refractivity contribution is 0.0966. The molecule has 1 amide bonds. The summed E-state index contributed by atoms with van der Waals surface area (Å²) in [6.07, 6.45) is 4.86. The zero-order valence-corrected chi connectivity index (χ0v) is 19.7. The number of hydrogen-bond acceptors (Lipinski definition) is 5. The van der Waals surface area contributed by atoms with Crippen LogP contribution in [-0.4, -0.2) is 23.7 Å². The molecule has 34 heavy (non-hydrogen) atoms. The van der Waals surface area contributed by atoms with Gasteiger partial charge in [0.15, 0.2) is 0 Å². The quantitative estimate of drug-likeness (QED) is 0.509. The van der Waals surface area contributed by atoms with Gasteiger partial charge in [0, 0.05) is 13.0 Å². The molecular formula is C26H24F2N4OS. The number of nitrogens with zero attached hydrogens (tertiary/aromatic N) is 3. The number of hydrazone groups is 1. The van der Waals surface area contributed by atoms with Crippen molar-refractivity contribution in [1.82, 2.24) is 10.3 Å². The number of amides is 1. The Morgan fingerprint density at radius 1 is 1.12 bits per heavy atom. The summed E-state index contributed by atoms with van der Waals surface area (Å²) in [6, 6.07) is 12.8. The van der Waals surface area contributed by atoms with E-state index in [0.717, 1.165) is 41.7 Å². The van der Waals surface area contributed by atoms with Crippen LogP contribution in [0.5, 0.6) is 0 Å². The van der Waals surface area contributed by atoms with Gasteiger partial charge < -0.3 is 5.32 Å². The highest BCUT2D eigenvalue weighted by molar-refractivity contribution is 7.17. The fourth-order valence-corrected chi connectivity index (χ4v) is 5.72. The first kappa shape index (κ1) is 22.4. The Hall–Kier alpha value is -3.39. The minimum absolute atomic E-state index is 0.0959. The Balaban J connectivity index is 1.60. The molecule has 1 aliphatic heterocycles. The van der Waals surface area contributed by atoms with Crippen LogP contribution in [0, 0.1) is 24.5 Å². The predicted octanol–water partition coefficient (Wildman–Crippen LogP) is 5.89. The highest BCUT2D eigenvalue weighted by Gasteiger charge is 2.43. The Morgan fingerprint density at radius 2 is 1.79 bits per heavy atom. The Kier molecular flexibility index (Phi) is 6.00. The van der Waals surface area contributed by atoms with Crippen LogP contribution >= 0.6 is 11.3 Å². The number of aromatic nitrogens is 1. The maximum Gasteiger partial charge on any atom is 0.263 e. The summed E-state index contributed by atoms with van der Waals surface area (Å²) < 4.78 is 27.1. The average Bonchev–Trinajstić information content (AvgIpc) is 3.42. The summed E-state index contributed by atoms with van der Waals surface area (Å²) in [5.74, 6) is -0.642. The molecule has 0 radical (unpaired) electrons. The number of carbonyl (C=O) groups is 1. The molecule has 8 heteroatoms. The summed E-state index contributed by atoms with van der Waals surface area (Å²) in [4.78, 5) is 17.5. The first-order valence-electron chi connectivity index (χ1n) is 11.2. The number of rotatable bonds is 4. The maximum absolute atomic E-state index is 13.7. The smallest absolute Gasteiger partial charge is 0.263 e. The summed E-state index contributed by atoms with van der Waals surface area (Å²) in [7, 11) is 1.60. The second-order valence-corrected chi connectivity index (χ2v) is 9.51. The number of benzene rings is 2. The van der Waals surface area contributed by atoms with Crippen molar-refractivity contribution in [2.75, 3.05) is 12.1 Å². The Morgan fingerprint density at radius 3 is 2.47 bits per heavy atom. The van der Waals surface area contributed by atoms with E-state index in [4.69, 9.17) is 5.10 Å². The molecule has 2 heterocycles. The van der Waals surface area contributed by atoms with Crippen molar-refractivity contribution in [3.63, 3.8) is 0 Å². The molecule has 0 bridgehead atoms. The van der Waals surface area contributed by atoms with Gasteiger partial charge in [0.25, 0.3) is 5.91 Å². The van der Waals surface area contributed by atoms with Gasteiger partial charge in [0.1, 0.15) is 16.5 Å². The van der Waals surface area contributed by atoms with Crippen LogP contribution in [0.3, 0.4) is 0 Å². The third-order valence-corrected chi connectivity index (χ3v) is 7.48. The minimum atomic E-state index is -0.290. The van der Waals surface area contributed by atoms with E-state index in [2.05, 4.69) is 16.4 Å². The van der Waals surface area contributed by atoms with E-state index >= 15 is 0 Å². The third-order valence-electron chi connectivity index (χ3n) is 6.34. The number of carbonyl (C=O) groups excluding carboxylic acids is 1. The van der Waals surface area contributed by atoms with Gasteiger partial charge in [0.05, 0.1) is 17.4 Å². The van der Waals surface area contributed by atoms with Crippen LogP contribution in [0.1, 0.15) is 51.8 Å². The zero-order chi connectivity index (χ0) is 23.8. The SMILES string of the molecule is CNC(=O)c1sc(N2N=C3/C(=C\c4ccc(F)cc4)CCC[C@H]3[C@@H]2c2ccc(F)cc2)nc1C.